The van der Waals surface area contributed by atoms with Gasteiger partial charge in [0.1, 0.15) is 5.75 Å². The molecule has 1 amide bonds. The lowest BCUT2D eigenvalue weighted by Gasteiger charge is -2.18. The summed E-state index contributed by atoms with van der Waals surface area (Å²) in [6, 6.07) is 14.3. The fourth-order valence-corrected chi connectivity index (χ4v) is 3.62. The highest BCUT2D eigenvalue weighted by Crippen LogP contribution is 2.35. The molecule has 0 unspecified atom stereocenters. The van der Waals surface area contributed by atoms with Gasteiger partial charge in [0.25, 0.3) is 0 Å². The van der Waals surface area contributed by atoms with E-state index in [1.54, 1.807) is 14.2 Å². The highest BCUT2D eigenvalue weighted by atomic mass is 16.5. The van der Waals surface area contributed by atoms with E-state index in [0.29, 0.717) is 19.6 Å². The van der Waals surface area contributed by atoms with Crippen molar-refractivity contribution in [3.63, 3.8) is 0 Å². The second-order valence-corrected chi connectivity index (χ2v) is 6.81. The number of amides is 1. The molecule has 5 nitrogen and oxygen atoms in total. The number of carbonyl (C=O) groups is 1. The van der Waals surface area contributed by atoms with E-state index in [-0.39, 0.29) is 11.8 Å². The minimum absolute atomic E-state index is 0.0128. The number of fused-ring (bicyclic) bond motifs is 1. The van der Waals surface area contributed by atoms with Crippen LogP contribution in [0.2, 0.25) is 0 Å². The van der Waals surface area contributed by atoms with E-state index in [0.717, 1.165) is 28.8 Å². The summed E-state index contributed by atoms with van der Waals surface area (Å²) < 4.78 is 10.3. The summed E-state index contributed by atoms with van der Waals surface area (Å²) in [7, 11) is 3.28. The van der Waals surface area contributed by atoms with E-state index in [9.17, 15) is 4.79 Å². The van der Waals surface area contributed by atoms with Crippen LogP contribution in [-0.4, -0.2) is 38.3 Å². The zero-order chi connectivity index (χ0) is 19.9. The van der Waals surface area contributed by atoms with Crippen LogP contribution in [0.1, 0.15) is 36.0 Å². The van der Waals surface area contributed by atoms with Crippen LogP contribution < -0.4 is 10.1 Å². The lowest BCUT2D eigenvalue weighted by molar-refractivity contribution is -0.121. The largest absolute Gasteiger partial charge is 0.497 e. The summed E-state index contributed by atoms with van der Waals surface area (Å²) in [5, 5.41) is 4.11. The second kappa shape index (κ2) is 9.42. The van der Waals surface area contributed by atoms with Gasteiger partial charge in [0.05, 0.1) is 13.7 Å². The molecular formula is C23H28N2O3. The third-order valence-corrected chi connectivity index (χ3v) is 5.13. The third kappa shape index (κ3) is 4.37. The van der Waals surface area contributed by atoms with Crippen molar-refractivity contribution in [2.45, 2.75) is 25.7 Å². The summed E-state index contributed by atoms with van der Waals surface area (Å²) in [6.07, 6.45) is 3.38. The number of hydrogen-bond acceptors (Lipinski definition) is 3. The normalized spacial score (nSPS) is 12.1. The molecule has 148 valence electrons. The van der Waals surface area contributed by atoms with Crippen molar-refractivity contribution in [1.82, 2.24) is 10.3 Å². The molecule has 0 saturated heterocycles. The van der Waals surface area contributed by atoms with E-state index in [1.165, 1.54) is 10.9 Å². The number of H-pyrrole nitrogens is 1. The topological polar surface area (TPSA) is 63.4 Å². The Labute approximate surface area is 166 Å². The van der Waals surface area contributed by atoms with Crippen molar-refractivity contribution >= 4 is 16.8 Å². The van der Waals surface area contributed by atoms with E-state index >= 15 is 0 Å². The zero-order valence-electron chi connectivity index (χ0n) is 16.7. The Morgan fingerprint density at radius 3 is 2.61 bits per heavy atom. The number of rotatable bonds is 9. The van der Waals surface area contributed by atoms with Crippen LogP contribution in [-0.2, 0) is 16.0 Å². The summed E-state index contributed by atoms with van der Waals surface area (Å²) in [6.45, 7) is 3.17. The van der Waals surface area contributed by atoms with Crippen molar-refractivity contribution in [3.05, 3.63) is 65.4 Å². The first kappa shape index (κ1) is 20.0. The maximum atomic E-state index is 12.6. The molecule has 0 aliphatic carbocycles. The first-order chi connectivity index (χ1) is 13.7. The van der Waals surface area contributed by atoms with E-state index in [1.807, 2.05) is 30.5 Å². The highest BCUT2D eigenvalue weighted by molar-refractivity contribution is 5.88. The van der Waals surface area contributed by atoms with Crippen LogP contribution in [0.3, 0.4) is 0 Å². The van der Waals surface area contributed by atoms with Gasteiger partial charge in [-0.3, -0.25) is 4.79 Å². The molecule has 5 heteroatoms. The molecule has 1 atom stereocenters. The molecule has 0 radical (unpaired) electrons. The van der Waals surface area contributed by atoms with Crippen LogP contribution in [0, 0.1) is 0 Å². The van der Waals surface area contributed by atoms with E-state index in [4.69, 9.17) is 9.47 Å². The van der Waals surface area contributed by atoms with Gasteiger partial charge in [0.2, 0.25) is 5.91 Å². The van der Waals surface area contributed by atoms with Gasteiger partial charge in [-0.15, -0.1) is 0 Å². The van der Waals surface area contributed by atoms with Crippen LogP contribution in [0.4, 0.5) is 0 Å². The molecule has 1 heterocycles. The maximum absolute atomic E-state index is 12.6. The first-order valence-electron chi connectivity index (χ1n) is 9.66. The molecule has 2 N–H and O–H groups in total. The summed E-state index contributed by atoms with van der Waals surface area (Å²) in [4.78, 5) is 16.0. The molecule has 3 aromatic rings. The Kier molecular flexibility index (Phi) is 6.71. The molecule has 0 saturated carbocycles. The third-order valence-electron chi connectivity index (χ3n) is 5.13. The minimum atomic E-state index is -0.0469. The monoisotopic (exact) mass is 380 g/mol. The molecule has 0 fully saturated rings. The number of benzene rings is 2. The number of aromatic amines is 1. The Morgan fingerprint density at radius 2 is 1.93 bits per heavy atom. The van der Waals surface area contributed by atoms with Crippen molar-refractivity contribution in [1.29, 1.82) is 0 Å². The number of aryl methyl sites for hydroxylation is 1. The molecular weight excluding hydrogens is 352 g/mol. The number of carbonyl (C=O) groups excluding carboxylic acids is 1. The zero-order valence-corrected chi connectivity index (χ0v) is 16.7. The Morgan fingerprint density at radius 1 is 1.14 bits per heavy atom. The van der Waals surface area contributed by atoms with Crippen molar-refractivity contribution in [2.75, 3.05) is 27.4 Å². The van der Waals surface area contributed by atoms with E-state index < -0.39 is 0 Å². The van der Waals surface area contributed by atoms with Crippen molar-refractivity contribution < 1.29 is 14.3 Å². The van der Waals surface area contributed by atoms with Gasteiger partial charge in [0, 0.05) is 43.1 Å². The summed E-state index contributed by atoms with van der Waals surface area (Å²) >= 11 is 0. The molecule has 28 heavy (non-hydrogen) atoms. The first-order valence-corrected chi connectivity index (χ1v) is 9.66. The van der Waals surface area contributed by atoms with Gasteiger partial charge >= 0.3 is 0 Å². The molecule has 0 aliphatic heterocycles. The maximum Gasteiger partial charge on any atom is 0.221 e. The van der Waals surface area contributed by atoms with E-state index in [2.05, 4.69) is 35.4 Å². The smallest absolute Gasteiger partial charge is 0.221 e. The van der Waals surface area contributed by atoms with Gasteiger partial charge in [-0.1, -0.05) is 37.3 Å². The van der Waals surface area contributed by atoms with Gasteiger partial charge < -0.3 is 19.8 Å². The molecule has 0 bridgehead atoms. The minimum Gasteiger partial charge on any atom is -0.497 e. The van der Waals surface area contributed by atoms with Gasteiger partial charge in [-0.25, -0.2) is 0 Å². The van der Waals surface area contributed by atoms with Gasteiger partial charge in [0.15, 0.2) is 0 Å². The molecule has 2 aromatic carbocycles. The average molecular weight is 380 g/mol. The number of ether oxygens (including phenoxy) is 2. The number of nitrogens with one attached hydrogen (secondary N) is 2. The predicted octanol–water partition coefficient (Wildman–Crippen LogP) is 4.02. The van der Waals surface area contributed by atoms with Crippen molar-refractivity contribution in [2.24, 2.45) is 0 Å². The molecule has 1 aromatic heterocycles. The van der Waals surface area contributed by atoms with Crippen molar-refractivity contribution in [3.8, 4) is 5.75 Å². The molecule has 3 rings (SSSR count). The number of para-hydroxylation sites is 1. The van der Waals surface area contributed by atoms with Crippen LogP contribution in [0.15, 0.2) is 48.7 Å². The Hall–Kier alpha value is -2.79. The fraction of sp³-hybridized carbons (Fsp3) is 0.348. The van der Waals surface area contributed by atoms with Gasteiger partial charge in [-0.05, 0) is 35.2 Å². The van der Waals surface area contributed by atoms with Crippen LogP contribution in [0.5, 0.6) is 5.75 Å². The highest BCUT2D eigenvalue weighted by Gasteiger charge is 2.22. The Bertz CT molecular complexity index is 915. The lowest BCUT2D eigenvalue weighted by Crippen LogP contribution is -2.28. The summed E-state index contributed by atoms with van der Waals surface area (Å²) in [5.41, 5.74) is 4.66. The van der Waals surface area contributed by atoms with Crippen LogP contribution in [0.25, 0.3) is 10.9 Å². The Balaban J connectivity index is 1.97. The average Bonchev–Trinajstić information content (AvgIpc) is 3.16. The number of aromatic nitrogens is 1. The molecule has 0 spiro atoms. The van der Waals surface area contributed by atoms with Gasteiger partial charge in [-0.2, -0.15) is 0 Å². The second-order valence-electron chi connectivity index (χ2n) is 6.81. The number of hydrogen-bond donors (Lipinski definition) is 2. The van der Waals surface area contributed by atoms with Crippen LogP contribution >= 0.6 is 0 Å². The standard InChI is InChI=1S/C23H28N2O3/c1-4-16-6-5-7-19-21(15-25-23(16)19)20(14-22(26)24-12-13-27-2)17-8-10-18(28-3)11-9-17/h5-11,15,20,25H,4,12-14H2,1-3H3,(H,24,26)/t20-/m0/s1. The lowest BCUT2D eigenvalue weighted by atomic mass is 9.87. The number of methoxy groups -OCH3 is 2. The SMILES string of the molecule is CCc1cccc2c([C@@H](CC(=O)NCCOC)c3ccc(OC)cc3)c[nH]c12. The quantitative estimate of drug-likeness (QED) is 0.551. The molecule has 0 aliphatic rings. The summed E-state index contributed by atoms with van der Waals surface area (Å²) in [5.74, 6) is 0.771. The predicted molar refractivity (Wildman–Crippen MR) is 112 cm³/mol. The fourth-order valence-electron chi connectivity index (χ4n) is 3.62.